The van der Waals surface area contributed by atoms with Gasteiger partial charge in [-0.3, -0.25) is 0 Å². The molecule has 1 aliphatic heterocycles. The van der Waals surface area contributed by atoms with E-state index in [1.807, 2.05) is 68.4 Å². The Bertz CT molecular complexity index is 1040. The van der Waals surface area contributed by atoms with Crippen LogP contribution in [-0.2, 0) is 16.1 Å². The van der Waals surface area contributed by atoms with Gasteiger partial charge >= 0.3 is 5.97 Å². The fraction of sp³-hybridized carbons (Fsp3) is 0.227. The molecule has 0 saturated carbocycles. The molecule has 0 spiro atoms. The highest BCUT2D eigenvalue weighted by molar-refractivity contribution is 5.92. The number of nitrogens with one attached hydrogen (secondary N) is 1. The molecule has 1 aliphatic rings. The first-order valence-corrected chi connectivity index (χ1v) is 9.49. The first-order chi connectivity index (χ1) is 14.2. The molecule has 148 valence electrons. The molecule has 0 amide bonds. The van der Waals surface area contributed by atoms with Crippen molar-refractivity contribution in [1.29, 1.82) is 0 Å². The molecular weight excluding hydrogens is 368 g/mol. The summed E-state index contributed by atoms with van der Waals surface area (Å²) in [5.41, 5.74) is 2.91. The predicted octanol–water partition coefficient (Wildman–Crippen LogP) is 3.71. The van der Waals surface area contributed by atoms with Gasteiger partial charge in [-0.05, 0) is 25.5 Å². The van der Waals surface area contributed by atoms with E-state index in [-0.39, 0.29) is 6.61 Å². The molecule has 0 fully saturated rings. The summed E-state index contributed by atoms with van der Waals surface area (Å²) in [4.78, 5) is 17.4. The number of nitrogens with zero attached hydrogens (tertiary/aromatic N) is 3. The van der Waals surface area contributed by atoms with Crippen LogP contribution in [0.15, 0.2) is 72.2 Å². The Kier molecular flexibility index (Phi) is 5.29. The van der Waals surface area contributed by atoms with E-state index in [0.29, 0.717) is 29.6 Å². The maximum atomic E-state index is 13.1. The largest absolute Gasteiger partial charge is 0.494 e. The smallest absolute Gasteiger partial charge is 0.338 e. The Hall–Kier alpha value is -3.61. The number of hydrogen-bond donors (Lipinski definition) is 1. The number of hydrogen-bond acceptors (Lipinski definition) is 6. The normalized spacial score (nSPS) is 15.4. The summed E-state index contributed by atoms with van der Waals surface area (Å²) in [5, 5.41) is 7.49. The third-order valence-corrected chi connectivity index (χ3v) is 4.74. The zero-order valence-corrected chi connectivity index (χ0v) is 16.3. The molecule has 1 N–H and O–H groups in total. The molecule has 1 unspecified atom stereocenters. The molecule has 7 heteroatoms. The molecule has 29 heavy (non-hydrogen) atoms. The molecule has 0 saturated heterocycles. The summed E-state index contributed by atoms with van der Waals surface area (Å²) in [6.45, 7) is 4.48. The highest BCUT2D eigenvalue weighted by Crippen LogP contribution is 2.39. The Morgan fingerprint density at radius 3 is 2.69 bits per heavy atom. The first kappa shape index (κ1) is 18.7. The summed E-state index contributed by atoms with van der Waals surface area (Å²) in [6, 6.07) is 16.7. The second-order valence-electron chi connectivity index (χ2n) is 6.63. The van der Waals surface area contributed by atoms with Gasteiger partial charge in [0.2, 0.25) is 5.95 Å². The lowest BCUT2D eigenvalue weighted by Gasteiger charge is -2.29. The van der Waals surface area contributed by atoms with E-state index >= 15 is 0 Å². The van der Waals surface area contributed by atoms with E-state index in [2.05, 4.69) is 15.4 Å². The Balaban J connectivity index is 1.71. The summed E-state index contributed by atoms with van der Waals surface area (Å²) < 4.78 is 13.1. The van der Waals surface area contributed by atoms with Gasteiger partial charge in [0.25, 0.3) is 0 Å². The molecule has 0 radical (unpaired) electrons. The van der Waals surface area contributed by atoms with Crippen molar-refractivity contribution >= 4 is 11.9 Å². The molecule has 2 heterocycles. The quantitative estimate of drug-likeness (QED) is 0.647. The number of rotatable bonds is 6. The monoisotopic (exact) mass is 390 g/mol. The van der Waals surface area contributed by atoms with E-state index in [1.54, 1.807) is 4.68 Å². The number of ether oxygens (including phenoxy) is 2. The number of fused-ring (bicyclic) bond motifs is 1. The molecule has 0 bridgehead atoms. The van der Waals surface area contributed by atoms with Crippen LogP contribution in [0.5, 0.6) is 5.75 Å². The van der Waals surface area contributed by atoms with Gasteiger partial charge in [-0.2, -0.15) is 10.1 Å². The topological polar surface area (TPSA) is 78.3 Å². The lowest BCUT2D eigenvalue weighted by Crippen LogP contribution is -2.30. The van der Waals surface area contributed by atoms with Gasteiger partial charge < -0.3 is 14.8 Å². The van der Waals surface area contributed by atoms with Crippen molar-refractivity contribution in [3.05, 3.63) is 83.3 Å². The number of aromatic nitrogens is 3. The third-order valence-electron chi connectivity index (χ3n) is 4.74. The summed E-state index contributed by atoms with van der Waals surface area (Å²) in [6.07, 6.45) is 1.46. The van der Waals surface area contributed by atoms with Crippen LogP contribution >= 0.6 is 0 Å². The van der Waals surface area contributed by atoms with Gasteiger partial charge in [0.1, 0.15) is 24.7 Å². The van der Waals surface area contributed by atoms with Crippen molar-refractivity contribution in [1.82, 2.24) is 14.8 Å². The number of allylic oxidation sites excluding steroid dienone is 1. The fourth-order valence-electron chi connectivity index (χ4n) is 3.44. The van der Waals surface area contributed by atoms with Crippen LogP contribution in [0.3, 0.4) is 0 Å². The van der Waals surface area contributed by atoms with Crippen molar-refractivity contribution < 1.29 is 14.3 Å². The third kappa shape index (κ3) is 3.71. The minimum atomic E-state index is -0.500. The number of anilines is 1. The van der Waals surface area contributed by atoms with Gasteiger partial charge in [0, 0.05) is 11.3 Å². The fourth-order valence-corrected chi connectivity index (χ4v) is 3.44. The number of para-hydroxylation sites is 1. The number of esters is 1. The predicted molar refractivity (Wildman–Crippen MR) is 108 cm³/mol. The summed E-state index contributed by atoms with van der Waals surface area (Å²) in [7, 11) is 0. The Labute approximate surface area is 169 Å². The van der Waals surface area contributed by atoms with Crippen LogP contribution in [0.2, 0.25) is 0 Å². The van der Waals surface area contributed by atoms with E-state index in [4.69, 9.17) is 9.47 Å². The molecule has 1 aromatic heterocycles. The van der Waals surface area contributed by atoms with Crippen molar-refractivity contribution in [2.45, 2.75) is 26.5 Å². The lowest BCUT2D eigenvalue weighted by molar-refractivity contribution is -0.140. The first-order valence-electron chi connectivity index (χ1n) is 9.49. The van der Waals surface area contributed by atoms with E-state index < -0.39 is 12.0 Å². The Morgan fingerprint density at radius 1 is 1.14 bits per heavy atom. The van der Waals surface area contributed by atoms with Crippen LogP contribution in [0, 0.1) is 0 Å². The molecular formula is C22H22N4O3. The molecule has 2 aromatic carbocycles. The summed E-state index contributed by atoms with van der Waals surface area (Å²) in [5.74, 6) is 0.860. The van der Waals surface area contributed by atoms with E-state index in [0.717, 1.165) is 11.1 Å². The second kappa shape index (κ2) is 8.18. The van der Waals surface area contributed by atoms with Gasteiger partial charge in [-0.15, -0.1) is 0 Å². The minimum absolute atomic E-state index is 0.195. The zero-order valence-electron chi connectivity index (χ0n) is 16.3. The van der Waals surface area contributed by atoms with Gasteiger partial charge in [-0.1, -0.05) is 48.5 Å². The highest BCUT2D eigenvalue weighted by Gasteiger charge is 2.35. The number of carbonyl (C=O) groups excluding carboxylic acids is 1. The standard InChI is InChI=1S/C22H22N4O3/c1-3-28-18-12-8-7-11-17(18)20-19(15(2)25-22-23-14-24-26(20)22)21(27)29-13-16-9-5-4-6-10-16/h4-12,14,20H,3,13H2,1-2H3,(H,23,24,25). The van der Waals surface area contributed by atoms with Crippen LogP contribution < -0.4 is 10.1 Å². The van der Waals surface area contributed by atoms with Crippen LogP contribution in [0.25, 0.3) is 0 Å². The van der Waals surface area contributed by atoms with Crippen molar-refractivity contribution in [3.63, 3.8) is 0 Å². The average Bonchev–Trinajstić information content (AvgIpc) is 3.20. The summed E-state index contributed by atoms with van der Waals surface area (Å²) >= 11 is 0. The zero-order chi connectivity index (χ0) is 20.2. The molecule has 0 aliphatic carbocycles. The molecule has 1 atom stereocenters. The van der Waals surface area contributed by atoms with Crippen LogP contribution in [0.4, 0.5) is 5.95 Å². The maximum absolute atomic E-state index is 13.1. The number of carbonyl (C=O) groups is 1. The van der Waals surface area contributed by atoms with E-state index in [9.17, 15) is 4.79 Å². The average molecular weight is 390 g/mol. The van der Waals surface area contributed by atoms with Gasteiger partial charge in [-0.25, -0.2) is 9.48 Å². The van der Waals surface area contributed by atoms with Crippen molar-refractivity contribution in [2.24, 2.45) is 0 Å². The number of benzene rings is 2. The van der Waals surface area contributed by atoms with E-state index in [1.165, 1.54) is 6.33 Å². The molecule has 4 rings (SSSR count). The Morgan fingerprint density at radius 2 is 1.90 bits per heavy atom. The maximum Gasteiger partial charge on any atom is 0.338 e. The van der Waals surface area contributed by atoms with Gasteiger partial charge in [0.05, 0.1) is 12.2 Å². The van der Waals surface area contributed by atoms with Gasteiger partial charge in [0.15, 0.2) is 0 Å². The SMILES string of the molecule is CCOc1ccccc1C1C(C(=O)OCc2ccccc2)=C(C)Nc2ncnn21. The lowest BCUT2D eigenvalue weighted by atomic mass is 9.95. The second-order valence-corrected chi connectivity index (χ2v) is 6.63. The highest BCUT2D eigenvalue weighted by atomic mass is 16.5. The molecule has 7 nitrogen and oxygen atoms in total. The van der Waals surface area contributed by atoms with Crippen molar-refractivity contribution in [3.8, 4) is 5.75 Å². The minimum Gasteiger partial charge on any atom is -0.494 e. The van der Waals surface area contributed by atoms with Crippen LogP contribution in [0.1, 0.15) is 31.0 Å². The van der Waals surface area contributed by atoms with Crippen LogP contribution in [-0.4, -0.2) is 27.3 Å². The van der Waals surface area contributed by atoms with Crippen molar-refractivity contribution in [2.75, 3.05) is 11.9 Å². The molecule has 3 aromatic rings.